The number of piperidine rings is 1. The average Bonchev–Trinajstić information content (AvgIpc) is 3.35. The Balaban J connectivity index is 1.52. The molecule has 8 heteroatoms. The van der Waals surface area contributed by atoms with Gasteiger partial charge in [0.15, 0.2) is 5.82 Å². The summed E-state index contributed by atoms with van der Waals surface area (Å²) in [4.78, 5) is 16.7. The molecule has 2 N–H and O–H groups in total. The molecular weight excluding hydrogens is 332 g/mol. The second-order valence-electron chi connectivity index (χ2n) is 6.34. The number of aromatic nitrogens is 4. The number of amides is 1. The molecule has 1 aliphatic heterocycles. The Labute approximate surface area is 150 Å². The highest BCUT2D eigenvalue weighted by Crippen LogP contribution is 2.33. The van der Waals surface area contributed by atoms with Crippen molar-refractivity contribution in [2.24, 2.45) is 0 Å². The minimum Gasteiger partial charge on any atom is -0.337 e. The lowest BCUT2D eigenvalue weighted by Crippen LogP contribution is -2.45. The minimum atomic E-state index is -0.462. The van der Waals surface area contributed by atoms with E-state index in [2.05, 4.69) is 25.9 Å². The van der Waals surface area contributed by atoms with E-state index < -0.39 is 5.54 Å². The van der Waals surface area contributed by atoms with Crippen LogP contribution in [0, 0.1) is 0 Å². The highest BCUT2D eigenvalue weighted by molar-refractivity contribution is 5.91. The predicted molar refractivity (Wildman–Crippen MR) is 94.5 cm³/mol. The summed E-state index contributed by atoms with van der Waals surface area (Å²) >= 11 is 0. The van der Waals surface area contributed by atoms with Gasteiger partial charge in [-0.05, 0) is 44.1 Å². The maximum Gasteiger partial charge on any atom is 0.254 e. The molecule has 0 unspecified atom stereocenters. The molecule has 1 aromatic carbocycles. The summed E-state index contributed by atoms with van der Waals surface area (Å²) in [6, 6.07) is 11.2. The van der Waals surface area contributed by atoms with Crippen LogP contribution in [0.15, 0.2) is 53.3 Å². The fraction of sp³-hybridized carbons (Fsp3) is 0.333. The van der Waals surface area contributed by atoms with Gasteiger partial charge >= 0.3 is 0 Å². The molecule has 1 saturated heterocycles. The van der Waals surface area contributed by atoms with Gasteiger partial charge < -0.3 is 15.2 Å². The van der Waals surface area contributed by atoms with Crippen LogP contribution in [0.5, 0.6) is 0 Å². The number of carbonyl (C=O) groups is 1. The fourth-order valence-electron chi connectivity index (χ4n) is 3.29. The summed E-state index contributed by atoms with van der Waals surface area (Å²) in [5, 5.41) is 14.6. The second kappa shape index (κ2) is 7.09. The molecule has 2 aromatic heterocycles. The number of para-hydroxylation sites is 1. The van der Waals surface area contributed by atoms with Crippen molar-refractivity contribution in [3.05, 3.63) is 60.5 Å². The summed E-state index contributed by atoms with van der Waals surface area (Å²) in [7, 11) is 0. The standard InChI is InChI=1S/C18H20N6O2/c25-16(21-14-5-2-1-3-6-14)13-15-22-17(26-23-15)18(7-10-19-11-8-18)24-12-4-9-20-24/h1-6,9,12,19H,7-8,10-11,13H2,(H,21,25). The van der Waals surface area contributed by atoms with E-state index in [-0.39, 0.29) is 12.3 Å². The summed E-state index contributed by atoms with van der Waals surface area (Å²) in [6.45, 7) is 1.68. The normalized spacial score (nSPS) is 16.3. The number of nitrogens with zero attached hydrogens (tertiary/aromatic N) is 4. The maximum atomic E-state index is 12.2. The number of benzene rings is 1. The molecule has 4 rings (SSSR count). The molecule has 1 amide bonds. The summed E-state index contributed by atoms with van der Waals surface area (Å²) < 4.78 is 7.44. The van der Waals surface area contributed by atoms with Crippen molar-refractivity contribution >= 4 is 11.6 Å². The van der Waals surface area contributed by atoms with Gasteiger partial charge in [-0.3, -0.25) is 9.48 Å². The van der Waals surface area contributed by atoms with Crippen LogP contribution >= 0.6 is 0 Å². The lowest BCUT2D eigenvalue weighted by atomic mass is 9.88. The number of hydrogen-bond donors (Lipinski definition) is 2. The van der Waals surface area contributed by atoms with E-state index >= 15 is 0 Å². The van der Waals surface area contributed by atoms with Crippen molar-refractivity contribution in [1.82, 2.24) is 25.2 Å². The average molecular weight is 352 g/mol. The molecule has 3 heterocycles. The van der Waals surface area contributed by atoms with Crippen LogP contribution in [0.3, 0.4) is 0 Å². The quantitative estimate of drug-likeness (QED) is 0.723. The SMILES string of the molecule is O=C(Cc1noc(C2(n3cccn3)CCNCC2)n1)Nc1ccccc1. The predicted octanol–water partition coefficient (Wildman–Crippen LogP) is 1.57. The lowest BCUT2D eigenvalue weighted by molar-refractivity contribution is -0.115. The largest absolute Gasteiger partial charge is 0.337 e. The van der Waals surface area contributed by atoms with Gasteiger partial charge in [-0.2, -0.15) is 10.1 Å². The van der Waals surface area contributed by atoms with E-state index in [1.165, 1.54) is 0 Å². The third kappa shape index (κ3) is 3.23. The summed E-state index contributed by atoms with van der Waals surface area (Å²) in [5.74, 6) is 0.700. The molecule has 0 atom stereocenters. The molecule has 0 saturated carbocycles. The van der Waals surface area contributed by atoms with Crippen molar-refractivity contribution in [2.75, 3.05) is 18.4 Å². The lowest BCUT2D eigenvalue weighted by Gasteiger charge is -2.34. The third-order valence-corrected chi connectivity index (χ3v) is 4.62. The molecule has 0 spiro atoms. The van der Waals surface area contributed by atoms with Crippen LogP contribution in [0.2, 0.25) is 0 Å². The molecule has 26 heavy (non-hydrogen) atoms. The van der Waals surface area contributed by atoms with Gasteiger partial charge in [0.2, 0.25) is 5.91 Å². The first-order valence-electron chi connectivity index (χ1n) is 8.65. The minimum absolute atomic E-state index is 0.0613. The molecular formula is C18H20N6O2. The van der Waals surface area contributed by atoms with Gasteiger partial charge in [0.1, 0.15) is 5.54 Å². The van der Waals surface area contributed by atoms with E-state index in [1.54, 1.807) is 6.20 Å². The zero-order valence-corrected chi connectivity index (χ0v) is 14.3. The van der Waals surface area contributed by atoms with Crippen molar-refractivity contribution in [3.8, 4) is 0 Å². The Kier molecular flexibility index (Phi) is 4.49. The van der Waals surface area contributed by atoms with Crippen LogP contribution in [0.25, 0.3) is 0 Å². The molecule has 8 nitrogen and oxygen atoms in total. The van der Waals surface area contributed by atoms with E-state index in [9.17, 15) is 4.79 Å². The van der Waals surface area contributed by atoms with E-state index in [1.807, 2.05) is 47.3 Å². The highest BCUT2D eigenvalue weighted by Gasteiger charge is 2.41. The van der Waals surface area contributed by atoms with E-state index in [0.29, 0.717) is 11.7 Å². The van der Waals surface area contributed by atoms with Crippen LogP contribution in [0.4, 0.5) is 5.69 Å². The topological polar surface area (TPSA) is 97.9 Å². The zero-order valence-electron chi connectivity index (χ0n) is 14.3. The van der Waals surface area contributed by atoms with Crippen LogP contribution < -0.4 is 10.6 Å². The van der Waals surface area contributed by atoms with Crippen molar-refractivity contribution in [1.29, 1.82) is 0 Å². The number of nitrogens with one attached hydrogen (secondary N) is 2. The first-order chi connectivity index (χ1) is 12.8. The van der Waals surface area contributed by atoms with Crippen molar-refractivity contribution in [3.63, 3.8) is 0 Å². The van der Waals surface area contributed by atoms with Crippen LogP contribution in [-0.2, 0) is 16.8 Å². The van der Waals surface area contributed by atoms with Gasteiger partial charge in [-0.25, -0.2) is 0 Å². The van der Waals surface area contributed by atoms with Crippen molar-refractivity contribution < 1.29 is 9.32 Å². The Hall–Kier alpha value is -3.00. The molecule has 0 bridgehead atoms. The maximum absolute atomic E-state index is 12.2. The zero-order chi connectivity index (χ0) is 17.8. The van der Waals surface area contributed by atoms with Crippen molar-refractivity contribution in [2.45, 2.75) is 24.8 Å². The van der Waals surface area contributed by atoms with Gasteiger partial charge in [0, 0.05) is 18.1 Å². The van der Waals surface area contributed by atoms with E-state index in [0.717, 1.165) is 31.6 Å². The second-order valence-corrected chi connectivity index (χ2v) is 6.34. The molecule has 0 aliphatic carbocycles. The van der Waals surface area contributed by atoms with Crippen LogP contribution in [-0.4, -0.2) is 38.9 Å². The first-order valence-corrected chi connectivity index (χ1v) is 8.65. The fourth-order valence-corrected chi connectivity index (χ4v) is 3.29. The van der Waals surface area contributed by atoms with Crippen LogP contribution in [0.1, 0.15) is 24.6 Å². The van der Waals surface area contributed by atoms with Gasteiger partial charge in [0.25, 0.3) is 5.89 Å². The Bertz CT molecular complexity index is 853. The Morgan fingerprint density at radius 3 is 2.77 bits per heavy atom. The Morgan fingerprint density at radius 2 is 2.04 bits per heavy atom. The molecule has 3 aromatic rings. The third-order valence-electron chi connectivity index (χ3n) is 4.62. The number of anilines is 1. The summed E-state index contributed by atoms with van der Waals surface area (Å²) in [5.41, 5.74) is 0.281. The van der Waals surface area contributed by atoms with Gasteiger partial charge in [-0.15, -0.1) is 0 Å². The number of hydrogen-bond acceptors (Lipinski definition) is 6. The monoisotopic (exact) mass is 352 g/mol. The van der Waals surface area contributed by atoms with Gasteiger partial charge in [0.05, 0.1) is 6.42 Å². The summed E-state index contributed by atoms with van der Waals surface area (Å²) in [6.07, 6.45) is 5.32. The smallest absolute Gasteiger partial charge is 0.254 e. The number of carbonyl (C=O) groups excluding carboxylic acids is 1. The first kappa shape index (κ1) is 16.5. The molecule has 1 fully saturated rings. The highest BCUT2D eigenvalue weighted by atomic mass is 16.5. The van der Waals surface area contributed by atoms with E-state index in [4.69, 9.17) is 4.52 Å². The Morgan fingerprint density at radius 1 is 1.23 bits per heavy atom. The molecule has 1 aliphatic rings. The number of rotatable bonds is 5. The molecule has 0 radical (unpaired) electrons. The van der Waals surface area contributed by atoms with Gasteiger partial charge in [-0.1, -0.05) is 23.4 Å². The molecule has 134 valence electrons.